The fourth-order valence-electron chi connectivity index (χ4n) is 3.11. The van der Waals surface area contributed by atoms with Gasteiger partial charge in [0.25, 0.3) is 11.6 Å². The molecule has 124 valence electrons. The molecule has 0 atom stereocenters. The number of rotatable bonds is 5. The number of carboxylic acids is 1. The van der Waals surface area contributed by atoms with Gasteiger partial charge in [-0.25, -0.2) is 0 Å². The van der Waals surface area contributed by atoms with Crippen LogP contribution in [0.2, 0.25) is 0 Å². The zero-order chi connectivity index (χ0) is 17.0. The third-order valence-electron chi connectivity index (χ3n) is 4.60. The van der Waals surface area contributed by atoms with Crippen molar-refractivity contribution in [1.82, 2.24) is 5.32 Å². The highest BCUT2D eigenvalue weighted by molar-refractivity contribution is 5.96. The number of hydrogen-bond donors (Lipinski definition) is 2. The van der Waals surface area contributed by atoms with Crippen LogP contribution >= 0.6 is 0 Å². The quantitative estimate of drug-likeness (QED) is 0.640. The molecular weight excluding hydrogens is 300 g/mol. The molecule has 1 aromatic carbocycles. The van der Waals surface area contributed by atoms with E-state index in [1.54, 1.807) is 0 Å². The number of nitrogens with one attached hydrogen (secondary N) is 1. The van der Waals surface area contributed by atoms with Crippen molar-refractivity contribution in [3.8, 4) is 0 Å². The molecule has 1 fully saturated rings. The second-order valence-corrected chi connectivity index (χ2v) is 6.04. The summed E-state index contributed by atoms with van der Waals surface area (Å²) in [4.78, 5) is 34.3. The molecule has 1 amide bonds. The maximum atomic E-state index is 12.3. The lowest BCUT2D eigenvalue weighted by Gasteiger charge is -2.33. The average Bonchev–Trinajstić information content (AvgIpc) is 2.53. The summed E-state index contributed by atoms with van der Waals surface area (Å²) in [6, 6.07) is 4.30. The Kier molecular flexibility index (Phi) is 4.98. The number of aliphatic carboxylic acids is 1. The molecule has 0 aromatic heterocycles. The molecule has 1 aliphatic rings. The van der Waals surface area contributed by atoms with Gasteiger partial charge < -0.3 is 10.4 Å². The first kappa shape index (κ1) is 16.9. The zero-order valence-corrected chi connectivity index (χ0v) is 13.0. The van der Waals surface area contributed by atoms with E-state index in [0.717, 1.165) is 19.3 Å². The summed E-state index contributed by atoms with van der Waals surface area (Å²) in [7, 11) is 0. The van der Waals surface area contributed by atoms with Gasteiger partial charge in [-0.15, -0.1) is 0 Å². The van der Waals surface area contributed by atoms with Gasteiger partial charge in [-0.3, -0.25) is 19.7 Å². The van der Waals surface area contributed by atoms with Crippen LogP contribution in [-0.2, 0) is 4.79 Å². The van der Waals surface area contributed by atoms with Crippen LogP contribution in [0.5, 0.6) is 0 Å². The Morgan fingerprint density at radius 3 is 2.52 bits per heavy atom. The Hall–Kier alpha value is -2.44. The number of carbonyl (C=O) groups is 2. The third-order valence-corrected chi connectivity index (χ3v) is 4.60. The summed E-state index contributed by atoms with van der Waals surface area (Å²) in [5.74, 6) is -1.37. The van der Waals surface area contributed by atoms with Crippen LogP contribution in [-0.4, -0.2) is 28.5 Å². The van der Waals surface area contributed by atoms with Crippen LogP contribution in [0.3, 0.4) is 0 Å². The van der Waals surface area contributed by atoms with Gasteiger partial charge >= 0.3 is 5.97 Å². The van der Waals surface area contributed by atoms with E-state index in [2.05, 4.69) is 5.32 Å². The van der Waals surface area contributed by atoms with Crippen molar-refractivity contribution in [3.05, 3.63) is 39.4 Å². The standard InChI is InChI=1S/C16H20N2O5/c1-11-12(6-5-7-13(11)18(22)23)14(19)17-10-16(15(20)21)8-3-2-4-9-16/h5-7H,2-4,8-10H2,1H3,(H,17,19)(H,20,21). The van der Waals surface area contributed by atoms with E-state index in [4.69, 9.17) is 0 Å². The molecule has 0 saturated heterocycles. The molecule has 0 heterocycles. The van der Waals surface area contributed by atoms with Gasteiger partial charge in [-0.1, -0.05) is 25.3 Å². The molecule has 0 bridgehead atoms. The number of carbonyl (C=O) groups excluding carboxylic acids is 1. The first-order valence-corrected chi connectivity index (χ1v) is 7.63. The van der Waals surface area contributed by atoms with E-state index in [1.807, 2.05) is 0 Å². The molecule has 1 aromatic rings. The number of nitro benzene ring substituents is 1. The summed E-state index contributed by atoms with van der Waals surface area (Å²) < 4.78 is 0. The van der Waals surface area contributed by atoms with Gasteiger partial charge in [0, 0.05) is 23.7 Å². The topological polar surface area (TPSA) is 110 Å². The number of nitrogens with zero attached hydrogens (tertiary/aromatic N) is 1. The predicted molar refractivity (Wildman–Crippen MR) is 83.3 cm³/mol. The molecular formula is C16H20N2O5. The summed E-state index contributed by atoms with van der Waals surface area (Å²) in [5.41, 5.74) is -0.565. The Balaban J connectivity index is 2.14. The minimum Gasteiger partial charge on any atom is -0.481 e. The highest BCUT2D eigenvalue weighted by atomic mass is 16.6. The number of carboxylic acid groups (broad SMARTS) is 1. The van der Waals surface area contributed by atoms with Crippen LogP contribution in [0.15, 0.2) is 18.2 Å². The number of nitro groups is 1. The first-order chi connectivity index (χ1) is 10.9. The smallest absolute Gasteiger partial charge is 0.311 e. The fraction of sp³-hybridized carbons (Fsp3) is 0.500. The lowest BCUT2D eigenvalue weighted by atomic mass is 9.74. The van der Waals surface area contributed by atoms with Gasteiger partial charge in [0.05, 0.1) is 10.3 Å². The van der Waals surface area contributed by atoms with Crippen molar-refractivity contribution in [1.29, 1.82) is 0 Å². The largest absolute Gasteiger partial charge is 0.481 e. The molecule has 1 aliphatic carbocycles. The Morgan fingerprint density at radius 2 is 1.96 bits per heavy atom. The maximum Gasteiger partial charge on any atom is 0.311 e. The number of amides is 1. The van der Waals surface area contributed by atoms with Crippen LogP contribution in [0.4, 0.5) is 5.69 Å². The zero-order valence-electron chi connectivity index (χ0n) is 13.0. The molecule has 7 nitrogen and oxygen atoms in total. The van der Waals surface area contributed by atoms with Gasteiger partial charge in [0.1, 0.15) is 0 Å². The number of benzene rings is 1. The molecule has 0 radical (unpaired) electrons. The normalized spacial score (nSPS) is 16.6. The number of hydrogen-bond acceptors (Lipinski definition) is 4. The van der Waals surface area contributed by atoms with Crippen molar-refractivity contribution in [2.45, 2.75) is 39.0 Å². The van der Waals surface area contributed by atoms with Crippen LogP contribution in [0, 0.1) is 22.5 Å². The van der Waals surface area contributed by atoms with Gasteiger partial charge in [0.2, 0.25) is 0 Å². The second kappa shape index (κ2) is 6.76. The van der Waals surface area contributed by atoms with Crippen molar-refractivity contribution in [2.75, 3.05) is 6.54 Å². The molecule has 0 unspecified atom stereocenters. The van der Waals surface area contributed by atoms with Crippen LogP contribution in [0.25, 0.3) is 0 Å². The average molecular weight is 320 g/mol. The van der Waals surface area contributed by atoms with E-state index in [9.17, 15) is 24.8 Å². The lowest BCUT2D eigenvalue weighted by Crippen LogP contribution is -2.44. The third kappa shape index (κ3) is 3.49. The lowest BCUT2D eigenvalue weighted by molar-refractivity contribution is -0.385. The summed E-state index contributed by atoms with van der Waals surface area (Å²) in [6.45, 7) is 1.56. The van der Waals surface area contributed by atoms with Crippen molar-refractivity contribution < 1.29 is 19.6 Å². The molecule has 0 aliphatic heterocycles. The van der Waals surface area contributed by atoms with Crippen molar-refractivity contribution in [2.24, 2.45) is 5.41 Å². The van der Waals surface area contributed by atoms with Crippen molar-refractivity contribution >= 4 is 17.6 Å². The first-order valence-electron chi connectivity index (χ1n) is 7.63. The molecule has 0 spiro atoms. The molecule has 23 heavy (non-hydrogen) atoms. The minimum atomic E-state index is -0.928. The van der Waals surface area contributed by atoms with Gasteiger partial charge in [-0.2, -0.15) is 0 Å². The Bertz CT molecular complexity index is 635. The monoisotopic (exact) mass is 320 g/mol. The summed E-state index contributed by atoms with van der Waals surface area (Å²) in [6.07, 6.45) is 3.75. The van der Waals surface area contributed by atoms with E-state index < -0.39 is 22.2 Å². The molecule has 2 rings (SSSR count). The molecule has 7 heteroatoms. The van der Waals surface area contributed by atoms with Crippen molar-refractivity contribution in [3.63, 3.8) is 0 Å². The highest BCUT2D eigenvalue weighted by Crippen LogP contribution is 2.36. The van der Waals surface area contributed by atoms with Crippen LogP contribution in [0.1, 0.15) is 48.0 Å². The van der Waals surface area contributed by atoms with E-state index in [0.29, 0.717) is 12.8 Å². The maximum absolute atomic E-state index is 12.3. The molecule has 2 N–H and O–H groups in total. The minimum absolute atomic E-state index is 0.0449. The second-order valence-electron chi connectivity index (χ2n) is 6.04. The Morgan fingerprint density at radius 1 is 1.30 bits per heavy atom. The highest BCUT2D eigenvalue weighted by Gasteiger charge is 2.40. The van der Waals surface area contributed by atoms with E-state index >= 15 is 0 Å². The van der Waals surface area contributed by atoms with Gasteiger partial charge in [0.15, 0.2) is 0 Å². The molecule has 1 saturated carbocycles. The Labute approximate surface area is 133 Å². The summed E-state index contributed by atoms with van der Waals surface area (Å²) in [5, 5.41) is 23.1. The predicted octanol–water partition coefficient (Wildman–Crippen LogP) is 2.67. The summed E-state index contributed by atoms with van der Waals surface area (Å²) >= 11 is 0. The SMILES string of the molecule is Cc1c(C(=O)NCC2(C(=O)O)CCCCC2)cccc1[N+](=O)[O-]. The van der Waals surface area contributed by atoms with E-state index in [-0.39, 0.29) is 23.4 Å². The van der Waals surface area contributed by atoms with Crippen LogP contribution < -0.4 is 5.32 Å². The van der Waals surface area contributed by atoms with E-state index in [1.165, 1.54) is 25.1 Å². The fourth-order valence-corrected chi connectivity index (χ4v) is 3.11. The van der Waals surface area contributed by atoms with Gasteiger partial charge in [-0.05, 0) is 25.8 Å².